The van der Waals surface area contributed by atoms with Gasteiger partial charge in [-0.25, -0.2) is 0 Å². The van der Waals surface area contributed by atoms with Gasteiger partial charge < -0.3 is 5.73 Å². The summed E-state index contributed by atoms with van der Waals surface area (Å²) in [4.78, 5) is 12.1. The number of carbonyl (C=O) groups is 1. The molecular formula is C13H11NOS. The van der Waals surface area contributed by atoms with Crippen LogP contribution < -0.4 is 5.73 Å². The van der Waals surface area contributed by atoms with Crippen LogP contribution in [0.5, 0.6) is 0 Å². The Balaban J connectivity index is 2.31. The summed E-state index contributed by atoms with van der Waals surface area (Å²) in [6.45, 7) is 2.11. The van der Waals surface area contributed by atoms with Gasteiger partial charge in [0.25, 0.3) is 0 Å². The maximum absolute atomic E-state index is 12.1. The van der Waals surface area contributed by atoms with Crippen LogP contribution in [0.3, 0.4) is 0 Å². The summed E-state index contributed by atoms with van der Waals surface area (Å²) >= 11 is 1.44. The van der Waals surface area contributed by atoms with Crippen molar-refractivity contribution >= 4 is 22.1 Å². The highest BCUT2D eigenvalue weighted by molar-refractivity contribution is 7.15. The molecule has 2 N–H and O–H groups in total. The minimum Gasteiger partial charge on any atom is -0.390 e. The molecule has 0 aliphatic heterocycles. The third-order valence-corrected chi connectivity index (χ3v) is 3.89. The summed E-state index contributed by atoms with van der Waals surface area (Å²) in [6.07, 6.45) is 0.983. The summed E-state index contributed by atoms with van der Waals surface area (Å²) in [5.74, 6) is 0.0754. The summed E-state index contributed by atoms with van der Waals surface area (Å²) in [6, 6.07) is 6.04. The van der Waals surface area contributed by atoms with Crippen LogP contribution in [0.25, 0.3) is 11.1 Å². The molecule has 0 amide bonds. The third kappa shape index (κ3) is 1.09. The van der Waals surface area contributed by atoms with Crippen molar-refractivity contribution < 1.29 is 4.79 Å². The Morgan fingerprint density at radius 2 is 2.06 bits per heavy atom. The fraction of sp³-hybridized carbons (Fsp3) is 0.154. The number of ketones is 1. The molecule has 2 nitrogen and oxygen atoms in total. The molecule has 2 aromatic rings. The lowest BCUT2D eigenvalue weighted by atomic mass is 10.0. The molecule has 0 bridgehead atoms. The first-order valence-corrected chi connectivity index (χ1v) is 6.15. The van der Waals surface area contributed by atoms with E-state index in [-0.39, 0.29) is 5.78 Å². The normalized spacial score (nSPS) is 12.7. The Morgan fingerprint density at radius 3 is 2.81 bits per heavy atom. The number of hydrogen-bond donors (Lipinski definition) is 1. The molecule has 80 valence electrons. The lowest BCUT2D eigenvalue weighted by Crippen LogP contribution is -1.97. The molecule has 1 heterocycles. The Kier molecular flexibility index (Phi) is 1.91. The van der Waals surface area contributed by atoms with Gasteiger partial charge in [-0.15, -0.1) is 11.3 Å². The molecule has 0 fully saturated rings. The van der Waals surface area contributed by atoms with E-state index in [1.54, 1.807) is 0 Å². The summed E-state index contributed by atoms with van der Waals surface area (Å²) < 4.78 is 0. The van der Waals surface area contributed by atoms with Gasteiger partial charge in [0.1, 0.15) is 0 Å². The van der Waals surface area contributed by atoms with Crippen LogP contribution in [0.1, 0.15) is 28.4 Å². The van der Waals surface area contributed by atoms with Gasteiger partial charge in [0.05, 0.1) is 10.6 Å². The molecule has 0 radical (unpaired) electrons. The zero-order valence-electron chi connectivity index (χ0n) is 8.91. The second-order valence-corrected chi connectivity index (χ2v) is 4.86. The minimum absolute atomic E-state index is 0.0754. The first-order valence-electron chi connectivity index (χ1n) is 5.27. The molecule has 16 heavy (non-hydrogen) atoms. The third-order valence-electron chi connectivity index (χ3n) is 3.07. The highest BCUT2D eigenvalue weighted by Crippen LogP contribution is 2.43. The Labute approximate surface area is 97.7 Å². The number of nitrogens with two attached hydrogens (primary N) is 1. The number of carbonyl (C=O) groups excluding carboxylic acids is 1. The van der Waals surface area contributed by atoms with Crippen molar-refractivity contribution in [2.45, 2.75) is 13.3 Å². The van der Waals surface area contributed by atoms with Crippen LogP contribution in [-0.2, 0) is 6.42 Å². The molecule has 0 unspecified atom stereocenters. The van der Waals surface area contributed by atoms with Gasteiger partial charge in [0, 0.05) is 16.5 Å². The number of benzene rings is 1. The Bertz CT molecular complexity index is 598. The van der Waals surface area contributed by atoms with E-state index in [1.807, 2.05) is 17.5 Å². The maximum atomic E-state index is 12.1. The van der Waals surface area contributed by atoms with Gasteiger partial charge in [0.2, 0.25) is 0 Å². The Morgan fingerprint density at radius 1 is 1.25 bits per heavy atom. The fourth-order valence-corrected chi connectivity index (χ4v) is 2.98. The average Bonchev–Trinajstić information content (AvgIpc) is 2.81. The van der Waals surface area contributed by atoms with Gasteiger partial charge >= 0.3 is 0 Å². The molecule has 0 saturated carbocycles. The van der Waals surface area contributed by atoms with E-state index >= 15 is 0 Å². The van der Waals surface area contributed by atoms with Crippen molar-refractivity contribution in [2.24, 2.45) is 0 Å². The molecule has 1 aliphatic carbocycles. The van der Waals surface area contributed by atoms with Gasteiger partial charge in [-0.1, -0.05) is 25.1 Å². The molecule has 0 atom stereocenters. The van der Waals surface area contributed by atoms with Crippen LogP contribution in [0.15, 0.2) is 23.6 Å². The smallest absolute Gasteiger partial charge is 0.197 e. The molecule has 1 aliphatic rings. The molecule has 0 spiro atoms. The van der Waals surface area contributed by atoms with E-state index in [4.69, 9.17) is 5.73 Å². The molecule has 1 aromatic carbocycles. The predicted octanol–water partition coefficient (Wildman–Crippen LogP) is 3.10. The molecule has 3 rings (SSSR count). The van der Waals surface area contributed by atoms with Crippen LogP contribution >= 0.6 is 11.3 Å². The molecular weight excluding hydrogens is 218 g/mol. The van der Waals surface area contributed by atoms with E-state index in [2.05, 4.69) is 13.0 Å². The van der Waals surface area contributed by atoms with E-state index in [0.29, 0.717) is 10.6 Å². The van der Waals surface area contributed by atoms with E-state index < -0.39 is 0 Å². The quantitative estimate of drug-likeness (QED) is 0.696. The first-order chi connectivity index (χ1) is 7.72. The second kappa shape index (κ2) is 3.19. The maximum Gasteiger partial charge on any atom is 0.197 e. The van der Waals surface area contributed by atoms with Crippen LogP contribution in [0.2, 0.25) is 0 Å². The number of nitrogen functional groups attached to an aromatic ring is 1. The van der Waals surface area contributed by atoms with Crippen molar-refractivity contribution in [3.8, 4) is 11.1 Å². The van der Waals surface area contributed by atoms with Crippen LogP contribution in [0.4, 0.5) is 5.00 Å². The van der Waals surface area contributed by atoms with Crippen molar-refractivity contribution in [3.63, 3.8) is 0 Å². The van der Waals surface area contributed by atoms with Crippen molar-refractivity contribution in [2.75, 3.05) is 5.73 Å². The zero-order valence-corrected chi connectivity index (χ0v) is 9.73. The zero-order chi connectivity index (χ0) is 11.3. The highest BCUT2D eigenvalue weighted by Gasteiger charge is 2.29. The lowest BCUT2D eigenvalue weighted by Gasteiger charge is -2.01. The fourth-order valence-electron chi connectivity index (χ4n) is 2.17. The number of fused-ring (bicyclic) bond motifs is 3. The monoisotopic (exact) mass is 229 g/mol. The number of anilines is 1. The van der Waals surface area contributed by atoms with Crippen molar-refractivity contribution in [1.82, 2.24) is 0 Å². The van der Waals surface area contributed by atoms with Crippen molar-refractivity contribution in [3.05, 3.63) is 40.3 Å². The molecule has 1 aromatic heterocycles. The van der Waals surface area contributed by atoms with E-state index in [0.717, 1.165) is 23.1 Å². The lowest BCUT2D eigenvalue weighted by molar-refractivity contribution is 0.104. The largest absolute Gasteiger partial charge is 0.390 e. The van der Waals surface area contributed by atoms with Crippen LogP contribution in [0, 0.1) is 0 Å². The van der Waals surface area contributed by atoms with Gasteiger partial charge in [0.15, 0.2) is 5.78 Å². The Hall–Kier alpha value is -1.61. The van der Waals surface area contributed by atoms with E-state index in [1.165, 1.54) is 16.9 Å². The minimum atomic E-state index is 0.0754. The molecule has 0 saturated heterocycles. The SMILES string of the molecule is CCc1ccc2c(c1)-c1csc(N)c1C2=O. The summed E-state index contributed by atoms with van der Waals surface area (Å²) in [5.41, 5.74) is 10.6. The average molecular weight is 229 g/mol. The second-order valence-electron chi connectivity index (χ2n) is 3.95. The predicted molar refractivity (Wildman–Crippen MR) is 67.0 cm³/mol. The first kappa shape index (κ1) is 9.60. The number of hydrogen-bond acceptors (Lipinski definition) is 3. The van der Waals surface area contributed by atoms with Gasteiger partial charge in [-0.05, 0) is 17.5 Å². The van der Waals surface area contributed by atoms with Gasteiger partial charge in [-0.3, -0.25) is 4.79 Å². The summed E-state index contributed by atoms with van der Waals surface area (Å²) in [7, 11) is 0. The number of rotatable bonds is 1. The van der Waals surface area contributed by atoms with Crippen molar-refractivity contribution in [1.29, 1.82) is 0 Å². The van der Waals surface area contributed by atoms with Gasteiger partial charge in [-0.2, -0.15) is 0 Å². The van der Waals surface area contributed by atoms with E-state index in [9.17, 15) is 4.79 Å². The summed E-state index contributed by atoms with van der Waals surface area (Å²) in [5, 5.41) is 2.61. The standard InChI is InChI=1S/C13H11NOS/c1-2-7-3-4-8-9(5-7)10-6-16-13(14)11(10)12(8)15/h3-6H,2,14H2,1H3. The number of aryl methyl sites for hydroxylation is 1. The molecule has 3 heteroatoms. The number of thiophene rings is 1. The highest BCUT2D eigenvalue weighted by atomic mass is 32.1. The van der Waals surface area contributed by atoms with Crippen LogP contribution in [-0.4, -0.2) is 5.78 Å². The topological polar surface area (TPSA) is 43.1 Å².